The van der Waals surface area contributed by atoms with E-state index in [9.17, 15) is 0 Å². The highest BCUT2D eigenvalue weighted by Crippen LogP contribution is 2.12. The molecule has 4 heteroatoms. The topological polar surface area (TPSA) is 34.1 Å². The molecule has 0 saturated carbocycles. The van der Waals surface area contributed by atoms with Crippen molar-refractivity contribution < 1.29 is 4.74 Å². The van der Waals surface area contributed by atoms with Crippen LogP contribution in [0, 0.1) is 6.92 Å². The molecular formula is C10H16N2OS. The highest BCUT2D eigenvalue weighted by atomic mass is 32.1. The number of rotatable bonds is 3. The summed E-state index contributed by atoms with van der Waals surface area (Å²) in [6, 6.07) is 0. The van der Waals surface area contributed by atoms with E-state index >= 15 is 0 Å². The van der Waals surface area contributed by atoms with Gasteiger partial charge in [0.2, 0.25) is 0 Å². The summed E-state index contributed by atoms with van der Waals surface area (Å²) >= 11 is 1.68. The van der Waals surface area contributed by atoms with Gasteiger partial charge in [-0.15, -0.1) is 11.3 Å². The summed E-state index contributed by atoms with van der Waals surface area (Å²) in [6.45, 7) is 4.81. The van der Waals surface area contributed by atoms with E-state index in [-0.39, 0.29) is 0 Å². The number of piperidine rings is 1. The van der Waals surface area contributed by atoms with Gasteiger partial charge in [0.05, 0.1) is 23.4 Å². The van der Waals surface area contributed by atoms with Crippen LogP contribution in [0.5, 0.6) is 0 Å². The van der Waals surface area contributed by atoms with Crippen LogP contribution >= 0.6 is 11.3 Å². The lowest BCUT2D eigenvalue weighted by Gasteiger charge is -2.22. The van der Waals surface area contributed by atoms with Crippen molar-refractivity contribution in [1.29, 1.82) is 0 Å². The number of nitrogens with one attached hydrogen (secondary N) is 1. The number of aromatic nitrogens is 1. The van der Waals surface area contributed by atoms with Crippen LogP contribution in [0.2, 0.25) is 0 Å². The first-order valence-corrected chi connectivity index (χ1v) is 5.96. The van der Waals surface area contributed by atoms with Crippen LogP contribution in [0.4, 0.5) is 0 Å². The Labute approximate surface area is 88.5 Å². The molecule has 1 aliphatic heterocycles. The molecule has 3 nitrogen and oxygen atoms in total. The van der Waals surface area contributed by atoms with Gasteiger partial charge in [0.25, 0.3) is 0 Å². The maximum absolute atomic E-state index is 5.76. The van der Waals surface area contributed by atoms with Crippen molar-refractivity contribution in [2.75, 3.05) is 13.1 Å². The average Bonchev–Trinajstić information content (AvgIpc) is 2.63. The van der Waals surface area contributed by atoms with Gasteiger partial charge in [-0.25, -0.2) is 4.98 Å². The van der Waals surface area contributed by atoms with Gasteiger partial charge < -0.3 is 10.1 Å². The SMILES string of the molecule is Cc1nc(COC2CCCNC2)cs1. The minimum atomic E-state index is 0.380. The van der Waals surface area contributed by atoms with Crippen molar-refractivity contribution in [3.8, 4) is 0 Å². The standard InChI is InChI=1S/C10H16N2OS/c1-8-12-9(7-14-8)6-13-10-3-2-4-11-5-10/h7,10-11H,2-6H2,1H3. The molecule has 0 aliphatic carbocycles. The fourth-order valence-electron chi connectivity index (χ4n) is 1.64. The minimum Gasteiger partial charge on any atom is -0.371 e. The zero-order valence-corrected chi connectivity index (χ0v) is 9.27. The van der Waals surface area contributed by atoms with E-state index in [2.05, 4.69) is 15.7 Å². The molecule has 78 valence electrons. The second-order valence-corrected chi connectivity index (χ2v) is 4.70. The van der Waals surface area contributed by atoms with Crippen molar-refractivity contribution in [3.05, 3.63) is 16.1 Å². The van der Waals surface area contributed by atoms with Crippen molar-refractivity contribution in [2.45, 2.75) is 32.5 Å². The lowest BCUT2D eigenvalue weighted by molar-refractivity contribution is 0.0238. The van der Waals surface area contributed by atoms with E-state index in [4.69, 9.17) is 4.74 Å². The van der Waals surface area contributed by atoms with Gasteiger partial charge in [0, 0.05) is 11.9 Å². The van der Waals surface area contributed by atoms with Gasteiger partial charge in [-0.05, 0) is 26.3 Å². The number of thiazole rings is 1. The Morgan fingerprint density at radius 1 is 1.71 bits per heavy atom. The first-order valence-electron chi connectivity index (χ1n) is 5.08. The third-order valence-corrected chi connectivity index (χ3v) is 3.21. The molecule has 2 heterocycles. The van der Waals surface area contributed by atoms with Crippen LogP contribution in [-0.2, 0) is 11.3 Å². The molecule has 1 saturated heterocycles. The fraction of sp³-hybridized carbons (Fsp3) is 0.700. The molecule has 2 rings (SSSR count). The first kappa shape index (κ1) is 10.1. The summed E-state index contributed by atoms with van der Waals surface area (Å²) in [7, 11) is 0. The van der Waals surface area contributed by atoms with E-state index in [1.54, 1.807) is 11.3 Å². The second kappa shape index (κ2) is 4.87. The van der Waals surface area contributed by atoms with Crippen LogP contribution in [0.25, 0.3) is 0 Å². The first-order chi connectivity index (χ1) is 6.84. The second-order valence-electron chi connectivity index (χ2n) is 3.64. The minimum absolute atomic E-state index is 0.380. The molecule has 1 N–H and O–H groups in total. The zero-order chi connectivity index (χ0) is 9.80. The van der Waals surface area contributed by atoms with Gasteiger partial charge in [-0.3, -0.25) is 0 Å². The average molecular weight is 212 g/mol. The summed E-state index contributed by atoms with van der Waals surface area (Å²) in [5, 5.41) is 6.52. The molecule has 14 heavy (non-hydrogen) atoms. The summed E-state index contributed by atoms with van der Waals surface area (Å²) < 4.78 is 5.76. The highest BCUT2D eigenvalue weighted by Gasteiger charge is 2.13. The molecule has 0 amide bonds. The number of hydrogen-bond donors (Lipinski definition) is 1. The van der Waals surface area contributed by atoms with Gasteiger partial charge in [0.1, 0.15) is 0 Å². The Bertz CT molecular complexity index is 281. The summed E-state index contributed by atoms with van der Waals surface area (Å²) in [6.07, 6.45) is 2.78. The summed E-state index contributed by atoms with van der Waals surface area (Å²) in [5.74, 6) is 0. The number of ether oxygens (including phenoxy) is 1. The van der Waals surface area contributed by atoms with Crippen molar-refractivity contribution in [2.24, 2.45) is 0 Å². The Hall–Kier alpha value is -0.450. The van der Waals surface area contributed by atoms with Crippen molar-refractivity contribution in [1.82, 2.24) is 10.3 Å². The van der Waals surface area contributed by atoms with E-state index in [1.165, 1.54) is 12.8 Å². The van der Waals surface area contributed by atoms with Crippen LogP contribution < -0.4 is 5.32 Å². The smallest absolute Gasteiger partial charge is 0.0900 e. The lowest BCUT2D eigenvalue weighted by atomic mass is 10.1. The molecule has 1 aromatic heterocycles. The number of hydrogen-bond acceptors (Lipinski definition) is 4. The third-order valence-electron chi connectivity index (χ3n) is 2.39. The molecule has 1 fully saturated rings. The quantitative estimate of drug-likeness (QED) is 0.828. The van der Waals surface area contributed by atoms with Crippen LogP contribution in [-0.4, -0.2) is 24.2 Å². The molecule has 1 atom stereocenters. The Balaban J connectivity index is 1.76. The van der Waals surface area contributed by atoms with Crippen LogP contribution in [0.1, 0.15) is 23.5 Å². The van der Waals surface area contributed by atoms with E-state index < -0.39 is 0 Å². The normalized spacial score (nSPS) is 22.5. The van der Waals surface area contributed by atoms with E-state index in [1.807, 2.05) is 6.92 Å². The summed E-state index contributed by atoms with van der Waals surface area (Å²) in [4.78, 5) is 4.37. The Morgan fingerprint density at radius 2 is 2.64 bits per heavy atom. The van der Waals surface area contributed by atoms with Gasteiger partial charge in [-0.2, -0.15) is 0 Å². The molecular weight excluding hydrogens is 196 g/mol. The predicted octanol–water partition coefficient (Wildman–Crippen LogP) is 1.72. The maximum Gasteiger partial charge on any atom is 0.0900 e. The van der Waals surface area contributed by atoms with Crippen LogP contribution in [0.15, 0.2) is 5.38 Å². The van der Waals surface area contributed by atoms with Crippen molar-refractivity contribution >= 4 is 11.3 Å². The molecule has 0 aromatic carbocycles. The number of nitrogens with zero attached hydrogens (tertiary/aromatic N) is 1. The Kier molecular flexibility index (Phi) is 3.50. The molecule has 1 aromatic rings. The largest absolute Gasteiger partial charge is 0.371 e. The molecule has 0 bridgehead atoms. The predicted molar refractivity (Wildman–Crippen MR) is 57.5 cm³/mol. The third kappa shape index (κ3) is 2.77. The highest BCUT2D eigenvalue weighted by molar-refractivity contribution is 7.09. The van der Waals surface area contributed by atoms with Gasteiger partial charge in [0.15, 0.2) is 0 Å². The molecule has 1 aliphatic rings. The molecule has 1 unspecified atom stereocenters. The van der Waals surface area contributed by atoms with Gasteiger partial charge in [-0.1, -0.05) is 0 Å². The lowest BCUT2D eigenvalue weighted by Crippen LogP contribution is -2.35. The Morgan fingerprint density at radius 3 is 3.29 bits per heavy atom. The molecule has 0 radical (unpaired) electrons. The number of aryl methyl sites for hydroxylation is 1. The zero-order valence-electron chi connectivity index (χ0n) is 8.45. The maximum atomic E-state index is 5.76. The fourth-order valence-corrected chi connectivity index (χ4v) is 2.24. The van der Waals surface area contributed by atoms with E-state index in [0.29, 0.717) is 12.7 Å². The van der Waals surface area contributed by atoms with Crippen LogP contribution in [0.3, 0.4) is 0 Å². The monoisotopic (exact) mass is 212 g/mol. The van der Waals surface area contributed by atoms with Gasteiger partial charge >= 0.3 is 0 Å². The van der Waals surface area contributed by atoms with E-state index in [0.717, 1.165) is 23.8 Å². The van der Waals surface area contributed by atoms with Crippen molar-refractivity contribution in [3.63, 3.8) is 0 Å². The summed E-state index contributed by atoms with van der Waals surface area (Å²) in [5.41, 5.74) is 1.07. The molecule has 0 spiro atoms.